The molecule has 0 aliphatic rings. The maximum Gasteiger partial charge on any atom is -0.0809 e. The van der Waals surface area contributed by atoms with Crippen molar-refractivity contribution in [3.63, 3.8) is 0 Å². The average Bonchev–Trinajstić information content (AvgIpc) is 3.56. The van der Waals surface area contributed by atoms with Crippen LogP contribution in [0.1, 0.15) is 12.5 Å². The van der Waals surface area contributed by atoms with Gasteiger partial charge in [-0.15, -0.1) is 64.2 Å². The molecule has 6 rings (SSSR count). The van der Waals surface area contributed by atoms with E-state index in [9.17, 15) is 0 Å². The molecule has 180 valence electrons. The van der Waals surface area contributed by atoms with E-state index in [0.29, 0.717) is 0 Å². The quantitative estimate of drug-likeness (QED) is 0.141. The van der Waals surface area contributed by atoms with Crippen LogP contribution in [-0.4, -0.2) is 14.5 Å². The van der Waals surface area contributed by atoms with Crippen molar-refractivity contribution in [2.75, 3.05) is 0 Å². The van der Waals surface area contributed by atoms with Crippen LogP contribution in [0.5, 0.6) is 0 Å². The first kappa shape index (κ1) is 28.5. The van der Waals surface area contributed by atoms with Crippen molar-refractivity contribution < 1.29 is 20.8 Å². The Morgan fingerprint density at radius 2 is 1.50 bits per heavy atom. The third-order valence-corrected chi connectivity index (χ3v) is 5.67. The molecule has 0 unspecified atom stereocenters. The van der Waals surface area contributed by atoms with E-state index in [-0.39, 0.29) is 0 Å². The Bertz CT molecular complexity index is 1460. The van der Waals surface area contributed by atoms with Crippen molar-refractivity contribution in [1.29, 1.82) is 0 Å². The van der Waals surface area contributed by atoms with E-state index in [1.165, 1.54) is 43.6 Å². The molecule has 2 radical (unpaired) electrons. The number of pyridine rings is 1. The fourth-order valence-corrected chi connectivity index (χ4v) is 4.04. The van der Waals surface area contributed by atoms with Gasteiger partial charge in [0, 0.05) is 21.1 Å². The zero-order valence-corrected chi connectivity index (χ0v) is 25.8. The van der Waals surface area contributed by atoms with Gasteiger partial charge in [-0.25, -0.2) is 0 Å². The van der Waals surface area contributed by atoms with Crippen molar-refractivity contribution in [3.05, 3.63) is 115 Å². The Kier molecular flexibility index (Phi) is 12.1. The fraction of sp³-hybridized carbons (Fsp3) is 0.129. The number of benzene rings is 3. The van der Waals surface area contributed by atoms with Gasteiger partial charge in [-0.2, -0.15) is 23.6 Å². The minimum Gasteiger partial charge on any atom is -0.168 e. The molecule has 0 saturated carbocycles. The molecular formula is C31H29Cl2NSiZr. The average molecular weight is 606 g/mol. The molecule has 6 aromatic rings. The molecule has 0 aliphatic heterocycles. The standard InChI is InChI=1S/C20H16N.C9H7.C2H6Si.2ClH.Zr/c1-2-14-10-15-7-5-8-18(19(15)11-14)17-12-16-6-3-4-9-20(16)21-13-17;1-2-5-9-7-3-6-8(9)4-1;1-3-2;;;/h3-13H,2H2,1H3;1-7H;1-2H3;2*1H;/q2*-1;;;;+4/p-2. The summed E-state index contributed by atoms with van der Waals surface area (Å²) >= 11 is -0.826. The third-order valence-electron chi connectivity index (χ3n) is 5.67. The maximum atomic E-state index is 4.93. The van der Waals surface area contributed by atoms with Crippen LogP contribution in [-0.2, 0) is 27.3 Å². The molecule has 1 heterocycles. The van der Waals surface area contributed by atoms with E-state index in [1.54, 1.807) is 0 Å². The fourth-order valence-electron chi connectivity index (χ4n) is 4.04. The monoisotopic (exact) mass is 603 g/mol. The van der Waals surface area contributed by atoms with Crippen LogP contribution in [0.4, 0.5) is 0 Å². The maximum absolute atomic E-state index is 4.93. The van der Waals surface area contributed by atoms with E-state index >= 15 is 0 Å². The summed E-state index contributed by atoms with van der Waals surface area (Å²) in [7, 11) is 11.0. The topological polar surface area (TPSA) is 12.9 Å². The zero-order chi connectivity index (χ0) is 25.8. The molecule has 1 nitrogen and oxygen atoms in total. The smallest absolute Gasteiger partial charge is 0.0809 e. The summed E-state index contributed by atoms with van der Waals surface area (Å²) in [5.41, 5.74) is 4.90. The van der Waals surface area contributed by atoms with Crippen molar-refractivity contribution in [2.45, 2.75) is 26.4 Å². The Hall–Kier alpha value is -2.03. The van der Waals surface area contributed by atoms with Gasteiger partial charge in [-0.1, -0.05) is 55.9 Å². The predicted molar refractivity (Wildman–Crippen MR) is 158 cm³/mol. The van der Waals surface area contributed by atoms with Crippen LogP contribution < -0.4 is 0 Å². The summed E-state index contributed by atoms with van der Waals surface area (Å²) < 4.78 is 0. The van der Waals surface area contributed by atoms with E-state index in [1.807, 2.05) is 12.3 Å². The summed E-state index contributed by atoms with van der Waals surface area (Å²) in [5.74, 6) is 0. The second-order valence-electron chi connectivity index (χ2n) is 8.17. The van der Waals surface area contributed by atoms with Crippen LogP contribution in [0.2, 0.25) is 13.1 Å². The summed E-state index contributed by atoms with van der Waals surface area (Å²) in [4.78, 5) is 4.59. The second kappa shape index (κ2) is 15.3. The molecule has 0 N–H and O–H groups in total. The molecule has 0 aliphatic carbocycles. The molecule has 0 bridgehead atoms. The molecule has 0 spiro atoms. The summed E-state index contributed by atoms with van der Waals surface area (Å²) in [6.07, 6.45) is 3.06. The summed E-state index contributed by atoms with van der Waals surface area (Å²) in [6.45, 7) is 6.51. The summed E-state index contributed by atoms with van der Waals surface area (Å²) in [5, 5.41) is 6.49. The van der Waals surface area contributed by atoms with Crippen LogP contribution >= 0.6 is 17.0 Å². The molecule has 0 atom stereocenters. The number of hydrogen-bond acceptors (Lipinski definition) is 1. The summed E-state index contributed by atoms with van der Waals surface area (Å²) in [6, 6.07) is 36.3. The molecule has 1 aromatic heterocycles. The zero-order valence-electron chi connectivity index (χ0n) is 20.8. The Morgan fingerprint density at radius 1 is 0.833 bits per heavy atom. The van der Waals surface area contributed by atoms with Gasteiger partial charge in [-0.3, -0.25) is 4.98 Å². The van der Waals surface area contributed by atoms with Gasteiger partial charge in [-0.05, 0) is 24.1 Å². The first-order valence-corrected chi connectivity index (χ1v) is 20.2. The minimum atomic E-state index is -0.826. The number of rotatable bonds is 2. The van der Waals surface area contributed by atoms with Crippen molar-refractivity contribution >= 4 is 59.0 Å². The number of hydrogen-bond donors (Lipinski definition) is 0. The Labute approximate surface area is 235 Å². The molecular weight excluding hydrogens is 577 g/mol. The van der Waals surface area contributed by atoms with Gasteiger partial charge in [0.15, 0.2) is 0 Å². The first-order valence-electron chi connectivity index (χ1n) is 11.8. The molecule has 36 heavy (non-hydrogen) atoms. The minimum absolute atomic E-state index is 0.826. The second-order valence-corrected chi connectivity index (χ2v) is 12.9. The SMILES string of the molecule is CCc1cc2c(-c3cnc4ccccc4c3)cccc2[cH-]1.C[Si]C.[Cl][Zr+2][Cl].c1ccc2[cH-]ccc2c1. The van der Waals surface area contributed by atoms with Crippen LogP contribution in [0.15, 0.2) is 109 Å². The van der Waals surface area contributed by atoms with Crippen molar-refractivity contribution in [3.8, 4) is 11.1 Å². The van der Waals surface area contributed by atoms with Gasteiger partial charge < -0.3 is 0 Å². The number of nitrogens with zero attached hydrogens (tertiary/aromatic N) is 1. The van der Waals surface area contributed by atoms with E-state index < -0.39 is 20.8 Å². The van der Waals surface area contributed by atoms with Gasteiger partial charge in [0.2, 0.25) is 0 Å². The Balaban J connectivity index is 0.000000199. The van der Waals surface area contributed by atoms with Gasteiger partial charge in [0.05, 0.1) is 5.52 Å². The third kappa shape index (κ3) is 7.73. The number of aryl methyl sites for hydroxylation is 1. The number of para-hydroxylation sites is 1. The normalized spacial score (nSPS) is 9.92. The van der Waals surface area contributed by atoms with Gasteiger partial charge in [0.1, 0.15) is 0 Å². The molecule has 5 heteroatoms. The van der Waals surface area contributed by atoms with Gasteiger partial charge in [0.25, 0.3) is 0 Å². The molecule has 0 saturated heterocycles. The van der Waals surface area contributed by atoms with Gasteiger partial charge >= 0.3 is 37.9 Å². The van der Waals surface area contributed by atoms with Crippen LogP contribution in [0.25, 0.3) is 43.6 Å². The predicted octanol–water partition coefficient (Wildman–Crippen LogP) is 10.1. The molecule has 0 amide bonds. The van der Waals surface area contributed by atoms with Crippen LogP contribution in [0.3, 0.4) is 0 Å². The van der Waals surface area contributed by atoms with Crippen molar-refractivity contribution in [2.24, 2.45) is 0 Å². The Morgan fingerprint density at radius 3 is 2.22 bits per heavy atom. The van der Waals surface area contributed by atoms with Crippen molar-refractivity contribution in [1.82, 2.24) is 4.98 Å². The van der Waals surface area contributed by atoms with E-state index in [2.05, 4.69) is 122 Å². The van der Waals surface area contributed by atoms with E-state index in [4.69, 9.17) is 17.0 Å². The number of halogens is 2. The number of aromatic nitrogens is 1. The molecule has 0 fully saturated rings. The molecule has 5 aromatic carbocycles. The largest absolute Gasteiger partial charge is 0.168 e. The van der Waals surface area contributed by atoms with Crippen LogP contribution in [0, 0.1) is 0 Å². The van der Waals surface area contributed by atoms with E-state index in [0.717, 1.165) is 21.5 Å². The number of fused-ring (bicyclic) bond motifs is 3. The first-order chi connectivity index (χ1) is 17.6.